The minimum absolute atomic E-state index is 0.00555. The lowest BCUT2D eigenvalue weighted by atomic mass is 10.3. The van der Waals surface area contributed by atoms with Crippen LogP contribution >= 0.6 is 11.6 Å². The molecular weight excluding hydrogens is 276 g/mol. The molecule has 0 spiro atoms. The minimum Gasteiger partial charge on any atom is -0.464 e. The van der Waals surface area contributed by atoms with Crippen LogP contribution in [0.2, 0.25) is 5.02 Å². The molecule has 0 bridgehead atoms. The Morgan fingerprint density at radius 1 is 1.25 bits per heavy atom. The lowest BCUT2D eigenvalue weighted by Gasteiger charge is -2.16. The van der Waals surface area contributed by atoms with Crippen LogP contribution in [0, 0.1) is 6.92 Å². The van der Waals surface area contributed by atoms with E-state index in [1.807, 2.05) is 31.2 Å². The molecule has 1 aromatic heterocycles. The van der Waals surface area contributed by atoms with Crippen LogP contribution in [0.1, 0.15) is 11.5 Å². The maximum atomic E-state index is 12.0. The third-order valence-electron chi connectivity index (χ3n) is 2.90. The molecule has 0 aliphatic rings. The largest absolute Gasteiger partial charge is 0.464 e. The number of hydrogen-bond acceptors (Lipinski definition) is 3. The summed E-state index contributed by atoms with van der Waals surface area (Å²) in [5.41, 5.74) is 0.866. The number of likely N-dealkylation sites (N-methyl/N-ethyl adjacent to an activating group) is 1. The van der Waals surface area contributed by atoms with Crippen LogP contribution in [-0.4, -0.2) is 24.4 Å². The number of benzene rings is 1. The molecule has 1 heterocycles. The number of aryl methyl sites for hydroxylation is 1. The van der Waals surface area contributed by atoms with E-state index in [1.165, 1.54) is 0 Å². The second kappa shape index (κ2) is 6.48. The molecule has 0 saturated heterocycles. The van der Waals surface area contributed by atoms with Gasteiger partial charge in [0, 0.05) is 17.8 Å². The number of rotatable bonds is 5. The molecular formula is C15H17ClN2O2. The third kappa shape index (κ3) is 4.03. The first-order chi connectivity index (χ1) is 9.54. The summed E-state index contributed by atoms with van der Waals surface area (Å²) < 4.78 is 5.45. The van der Waals surface area contributed by atoms with Crippen molar-refractivity contribution in [2.45, 2.75) is 13.5 Å². The van der Waals surface area contributed by atoms with Crippen molar-refractivity contribution >= 4 is 23.2 Å². The highest BCUT2D eigenvalue weighted by Gasteiger charge is 2.10. The Balaban J connectivity index is 1.83. The van der Waals surface area contributed by atoms with Crippen LogP contribution < -0.4 is 5.32 Å². The van der Waals surface area contributed by atoms with Gasteiger partial charge in [-0.3, -0.25) is 4.79 Å². The van der Waals surface area contributed by atoms with Gasteiger partial charge in [-0.25, -0.2) is 0 Å². The number of halogens is 1. The number of carbonyl (C=O) groups excluding carboxylic acids is 1. The van der Waals surface area contributed by atoms with Crippen LogP contribution in [0.3, 0.4) is 0 Å². The van der Waals surface area contributed by atoms with Gasteiger partial charge in [-0.1, -0.05) is 11.6 Å². The smallest absolute Gasteiger partial charge is 0.242 e. The van der Waals surface area contributed by atoms with E-state index in [0.717, 1.165) is 17.2 Å². The highest BCUT2D eigenvalue weighted by molar-refractivity contribution is 6.30. The molecule has 0 radical (unpaired) electrons. The van der Waals surface area contributed by atoms with E-state index < -0.39 is 0 Å². The summed E-state index contributed by atoms with van der Waals surface area (Å²) in [5.74, 6) is 1.62. The molecule has 0 atom stereocenters. The maximum absolute atomic E-state index is 12.0. The molecule has 1 amide bonds. The fourth-order valence-electron chi connectivity index (χ4n) is 1.77. The summed E-state index contributed by atoms with van der Waals surface area (Å²) in [6.07, 6.45) is 0. The van der Waals surface area contributed by atoms with Gasteiger partial charge in [0.2, 0.25) is 5.91 Å². The molecule has 0 aliphatic carbocycles. The zero-order valence-corrected chi connectivity index (χ0v) is 12.3. The van der Waals surface area contributed by atoms with Crippen molar-refractivity contribution in [2.24, 2.45) is 0 Å². The van der Waals surface area contributed by atoms with E-state index in [-0.39, 0.29) is 12.5 Å². The van der Waals surface area contributed by atoms with Crippen LogP contribution in [0.15, 0.2) is 40.8 Å². The van der Waals surface area contributed by atoms with E-state index in [1.54, 1.807) is 24.1 Å². The van der Waals surface area contributed by atoms with Crippen molar-refractivity contribution in [3.05, 3.63) is 52.9 Å². The summed E-state index contributed by atoms with van der Waals surface area (Å²) in [5, 5.41) is 3.74. The number of nitrogens with zero attached hydrogens (tertiary/aromatic N) is 1. The fraction of sp³-hybridized carbons (Fsp3) is 0.267. The number of hydrogen-bond donors (Lipinski definition) is 1. The van der Waals surface area contributed by atoms with E-state index in [0.29, 0.717) is 11.6 Å². The first-order valence-electron chi connectivity index (χ1n) is 6.33. The minimum atomic E-state index is -0.00555. The van der Waals surface area contributed by atoms with Gasteiger partial charge in [0.1, 0.15) is 11.5 Å². The maximum Gasteiger partial charge on any atom is 0.242 e. The second-order valence-electron chi connectivity index (χ2n) is 4.62. The normalized spacial score (nSPS) is 10.3. The highest BCUT2D eigenvalue weighted by Crippen LogP contribution is 2.13. The van der Waals surface area contributed by atoms with Gasteiger partial charge in [-0.15, -0.1) is 0 Å². The SMILES string of the molecule is Cc1ccc(CN(C)C(=O)CNc2ccc(Cl)cc2)o1. The van der Waals surface area contributed by atoms with Crippen molar-refractivity contribution in [3.63, 3.8) is 0 Å². The van der Waals surface area contributed by atoms with Crippen molar-refractivity contribution < 1.29 is 9.21 Å². The quantitative estimate of drug-likeness (QED) is 0.919. The van der Waals surface area contributed by atoms with E-state index in [2.05, 4.69) is 5.32 Å². The van der Waals surface area contributed by atoms with Gasteiger partial charge in [0.25, 0.3) is 0 Å². The van der Waals surface area contributed by atoms with Gasteiger partial charge < -0.3 is 14.6 Å². The molecule has 5 heteroatoms. The molecule has 1 N–H and O–H groups in total. The second-order valence-corrected chi connectivity index (χ2v) is 5.06. The summed E-state index contributed by atoms with van der Waals surface area (Å²) >= 11 is 5.80. The lowest BCUT2D eigenvalue weighted by Crippen LogP contribution is -2.31. The Morgan fingerprint density at radius 2 is 1.95 bits per heavy atom. The summed E-state index contributed by atoms with van der Waals surface area (Å²) in [6, 6.07) is 11.0. The van der Waals surface area contributed by atoms with Gasteiger partial charge in [-0.2, -0.15) is 0 Å². The van der Waals surface area contributed by atoms with Crippen LogP contribution in [0.5, 0.6) is 0 Å². The molecule has 106 valence electrons. The molecule has 0 aliphatic heterocycles. The zero-order chi connectivity index (χ0) is 14.5. The van der Waals surface area contributed by atoms with Crippen molar-refractivity contribution in [1.29, 1.82) is 0 Å². The number of nitrogens with one attached hydrogen (secondary N) is 1. The van der Waals surface area contributed by atoms with E-state index in [4.69, 9.17) is 16.0 Å². The Morgan fingerprint density at radius 3 is 2.55 bits per heavy atom. The number of furan rings is 1. The van der Waals surface area contributed by atoms with Crippen molar-refractivity contribution in [2.75, 3.05) is 18.9 Å². The van der Waals surface area contributed by atoms with Crippen molar-refractivity contribution in [1.82, 2.24) is 4.90 Å². The molecule has 0 saturated carbocycles. The predicted molar refractivity (Wildman–Crippen MR) is 79.9 cm³/mol. The monoisotopic (exact) mass is 292 g/mol. The van der Waals surface area contributed by atoms with Gasteiger partial charge in [0.15, 0.2) is 0 Å². The Kier molecular flexibility index (Phi) is 4.69. The van der Waals surface area contributed by atoms with Gasteiger partial charge in [0.05, 0.1) is 13.1 Å². The summed E-state index contributed by atoms with van der Waals surface area (Å²) in [7, 11) is 1.75. The molecule has 4 nitrogen and oxygen atoms in total. The lowest BCUT2D eigenvalue weighted by molar-refractivity contribution is -0.128. The third-order valence-corrected chi connectivity index (χ3v) is 3.15. The molecule has 1 aromatic carbocycles. The van der Waals surface area contributed by atoms with Crippen LogP contribution in [0.25, 0.3) is 0 Å². The Bertz CT molecular complexity index is 578. The standard InChI is InChI=1S/C15H17ClN2O2/c1-11-3-8-14(20-11)10-18(2)15(19)9-17-13-6-4-12(16)5-7-13/h3-8,17H,9-10H2,1-2H3. The van der Waals surface area contributed by atoms with E-state index >= 15 is 0 Å². The Labute approximate surface area is 123 Å². The van der Waals surface area contributed by atoms with Crippen LogP contribution in [-0.2, 0) is 11.3 Å². The molecule has 2 rings (SSSR count). The van der Waals surface area contributed by atoms with Gasteiger partial charge in [-0.05, 0) is 43.3 Å². The Hall–Kier alpha value is -1.94. The first kappa shape index (κ1) is 14.5. The molecule has 20 heavy (non-hydrogen) atoms. The van der Waals surface area contributed by atoms with Crippen LogP contribution in [0.4, 0.5) is 5.69 Å². The number of amides is 1. The zero-order valence-electron chi connectivity index (χ0n) is 11.5. The average Bonchev–Trinajstić information content (AvgIpc) is 2.83. The molecule has 0 unspecified atom stereocenters. The number of carbonyl (C=O) groups is 1. The topological polar surface area (TPSA) is 45.5 Å². The number of anilines is 1. The predicted octanol–water partition coefficient (Wildman–Crippen LogP) is 3.31. The molecule has 0 fully saturated rings. The van der Waals surface area contributed by atoms with Crippen molar-refractivity contribution in [3.8, 4) is 0 Å². The average molecular weight is 293 g/mol. The summed E-state index contributed by atoms with van der Waals surface area (Å²) in [6.45, 7) is 2.58. The fourth-order valence-corrected chi connectivity index (χ4v) is 1.90. The highest BCUT2D eigenvalue weighted by atomic mass is 35.5. The first-order valence-corrected chi connectivity index (χ1v) is 6.71. The molecule has 2 aromatic rings. The summed E-state index contributed by atoms with van der Waals surface area (Å²) in [4.78, 5) is 13.6. The van der Waals surface area contributed by atoms with Gasteiger partial charge >= 0.3 is 0 Å². The van der Waals surface area contributed by atoms with E-state index in [9.17, 15) is 4.79 Å².